The van der Waals surface area contributed by atoms with Crippen LogP contribution in [0.4, 0.5) is 4.39 Å². The molecule has 0 saturated carbocycles. The monoisotopic (exact) mass is 378 g/mol. The molecule has 1 amide bonds. The zero-order chi connectivity index (χ0) is 14.4. The van der Waals surface area contributed by atoms with E-state index < -0.39 is 0 Å². The zero-order valence-corrected chi connectivity index (χ0v) is 14.2. The van der Waals surface area contributed by atoms with Gasteiger partial charge in [-0.25, -0.2) is 4.39 Å². The Labute approximate surface area is 139 Å². The fraction of sp³-hybridized carbons (Fsp3) is 0.533. The van der Waals surface area contributed by atoms with E-state index in [4.69, 9.17) is 0 Å². The van der Waals surface area contributed by atoms with E-state index in [1.807, 2.05) is 0 Å². The molecule has 6 heteroatoms. The highest BCUT2D eigenvalue weighted by atomic mass is 79.9. The van der Waals surface area contributed by atoms with E-state index in [9.17, 15) is 9.18 Å². The Morgan fingerprint density at radius 3 is 2.76 bits per heavy atom. The maximum atomic E-state index is 13.3. The molecule has 0 aromatic heterocycles. The fourth-order valence-corrected chi connectivity index (χ4v) is 2.69. The molecule has 2 N–H and O–H groups in total. The van der Waals surface area contributed by atoms with Crippen molar-refractivity contribution in [3.8, 4) is 0 Å². The number of rotatable bonds is 5. The summed E-state index contributed by atoms with van der Waals surface area (Å²) in [5, 5.41) is 6.17. The second kappa shape index (κ2) is 9.38. The Hall–Kier alpha value is -0.650. The van der Waals surface area contributed by atoms with Crippen molar-refractivity contribution in [2.24, 2.45) is 5.92 Å². The average molecular weight is 380 g/mol. The highest BCUT2D eigenvalue weighted by molar-refractivity contribution is 9.10. The smallest absolute Gasteiger partial charge is 0.220 e. The number of benzene rings is 1. The summed E-state index contributed by atoms with van der Waals surface area (Å²) in [5.74, 6) is 0.408. The van der Waals surface area contributed by atoms with Crippen LogP contribution in [0.5, 0.6) is 0 Å². The van der Waals surface area contributed by atoms with Crippen molar-refractivity contribution >= 4 is 34.2 Å². The maximum absolute atomic E-state index is 13.3. The van der Waals surface area contributed by atoms with E-state index in [1.165, 1.54) is 6.07 Å². The average Bonchev–Trinajstić information content (AvgIpc) is 2.47. The summed E-state index contributed by atoms with van der Waals surface area (Å²) < 4.78 is 13.8. The van der Waals surface area contributed by atoms with Gasteiger partial charge in [-0.15, -0.1) is 12.4 Å². The van der Waals surface area contributed by atoms with Gasteiger partial charge in [-0.3, -0.25) is 4.79 Å². The van der Waals surface area contributed by atoms with Crippen LogP contribution in [0, 0.1) is 11.7 Å². The first-order valence-corrected chi connectivity index (χ1v) is 7.86. The maximum Gasteiger partial charge on any atom is 0.220 e. The quantitative estimate of drug-likeness (QED) is 0.823. The number of carbonyl (C=O) groups is 1. The van der Waals surface area contributed by atoms with Crippen molar-refractivity contribution in [2.45, 2.75) is 32.2 Å². The highest BCUT2D eigenvalue weighted by Gasteiger charge is 2.14. The van der Waals surface area contributed by atoms with Gasteiger partial charge >= 0.3 is 0 Å². The van der Waals surface area contributed by atoms with Gasteiger partial charge in [0.1, 0.15) is 5.82 Å². The fourth-order valence-electron chi connectivity index (χ4n) is 2.44. The lowest BCUT2D eigenvalue weighted by atomic mass is 9.93. The van der Waals surface area contributed by atoms with Crippen LogP contribution in [0.2, 0.25) is 0 Å². The number of amides is 1. The second-order valence-electron chi connectivity index (χ2n) is 5.26. The molecule has 2 rings (SSSR count). The molecule has 0 radical (unpaired) electrons. The van der Waals surface area contributed by atoms with Crippen molar-refractivity contribution in [2.75, 3.05) is 13.1 Å². The van der Waals surface area contributed by atoms with Crippen LogP contribution >= 0.6 is 28.3 Å². The van der Waals surface area contributed by atoms with Crippen LogP contribution in [0.15, 0.2) is 22.7 Å². The van der Waals surface area contributed by atoms with E-state index in [1.54, 1.807) is 12.1 Å². The van der Waals surface area contributed by atoms with E-state index in [0.29, 0.717) is 23.4 Å². The molecule has 1 fully saturated rings. The molecular formula is C15H21BrClFN2O. The van der Waals surface area contributed by atoms with E-state index in [2.05, 4.69) is 26.6 Å². The standard InChI is InChI=1S/C15H20BrFN2O.ClH/c16-13-3-1-12(9-14(13)17)10-19-15(20)4-2-11-5-7-18-8-6-11;/h1,3,9,11,18H,2,4-8,10H2,(H,19,20);1H. The molecule has 1 heterocycles. The Morgan fingerprint density at radius 1 is 1.38 bits per heavy atom. The van der Waals surface area contributed by atoms with Gasteiger partial charge in [-0.2, -0.15) is 0 Å². The van der Waals surface area contributed by atoms with Gasteiger partial charge in [0.15, 0.2) is 0 Å². The summed E-state index contributed by atoms with van der Waals surface area (Å²) in [6, 6.07) is 4.91. The Bertz CT molecular complexity index is 467. The van der Waals surface area contributed by atoms with Crippen molar-refractivity contribution < 1.29 is 9.18 Å². The minimum Gasteiger partial charge on any atom is -0.352 e. The first-order valence-electron chi connectivity index (χ1n) is 7.06. The lowest BCUT2D eigenvalue weighted by Gasteiger charge is -2.22. The first kappa shape index (κ1) is 18.4. The molecule has 0 spiro atoms. The Balaban J connectivity index is 0.00000220. The Morgan fingerprint density at radius 2 is 2.10 bits per heavy atom. The normalized spacial score (nSPS) is 15.3. The van der Waals surface area contributed by atoms with Gasteiger partial charge in [-0.05, 0) is 71.9 Å². The topological polar surface area (TPSA) is 41.1 Å². The molecular weight excluding hydrogens is 359 g/mol. The molecule has 0 atom stereocenters. The summed E-state index contributed by atoms with van der Waals surface area (Å²) >= 11 is 3.11. The number of piperidine rings is 1. The predicted octanol–water partition coefficient (Wildman–Crippen LogP) is 3.41. The number of carbonyl (C=O) groups excluding carboxylic acids is 1. The summed E-state index contributed by atoms with van der Waals surface area (Å²) in [7, 11) is 0. The molecule has 0 bridgehead atoms. The summed E-state index contributed by atoms with van der Waals surface area (Å²) in [6.45, 7) is 2.50. The SMILES string of the molecule is Cl.O=C(CCC1CCNCC1)NCc1ccc(Br)c(F)c1. The van der Waals surface area contributed by atoms with Crippen molar-refractivity contribution in [3.63, 3.8) is 0 Å². The van der Waals surface area contributed by atoms with Gasteiger partial charge in [0.05, 0.1) is 4.47 Å². The minimum absolute atomic E-state index is 0. The summed E-state index contributed by atoms with van der Waals surface area (Å²) in [5.41, 5.74) is 0.779. The molecule has 1 aromatic carbocycles. The van der Waals surface area contributed by atoms with Crippen LogP contribution in [0.3, 0.4) is 0 Å². The van der Waals surface area contributed by atoms with E-state index in [0.717, 1.165) is 37.9 Å². The van der Waals surface area contributed by atoms with Gasteiger partial charge in [0.25, 0.3) is 0 Å². The first-order chi connectivity index (χ1) is 9.65. The van der Waals surface area contributed by atoms with Gasteiger partial charge in [-0.1, -0.05) is 6.07 Å². The summed E-state index contributed by atoms with van der Waals surface area (Å²) in [6.07, 6.45) is 3.82. The van der Waals surface area contributed by atoms with Crippen molar-refractivity contribution in [1.82, 2.24) is 10.6 Å². The van der Waals surface area contributed by atoms with Gasteiger partial charge in [0, 0.05) is 13.0 Å². The van der Waals surface area contributed by atoms with E-state index >= 15 is 0 Å². The molecule has 1 saturated heterocycles. The number of halogens is 3. The molecule has 118 valence electrons. The number of hydrogen-bond acceptors (Lipinski definition) is 2. The molecule has 0 aliphatic carbocycles. The highest BCUT2D eigenvalue weighted by Crippen LogP contribution is 2.18. The van der Waals surface area contributed by atoms with Crippen LogP contribution in [0.25, 0.3) is 0 Å². The molecule has 3 nitrogen and oxygen atoms in total. The zero-order valence-electron chi connectivity index (χ0n) is 11.8. The van der Waals surface area contributed by atoms with E-state index in [-0.39, 0.29) is 24.1 Å². The van der Waals surface area contributed by atoms with Crippen LogP contribution < -0.4 is 10.6 Å². The molecule has 0 unspecified atom stereocenters. The second-order valence-corrected chi connectivity index (χ2v) is 6.11. The molecule has 1 aromatic rings. The third-order valence-electron chi connectivity index (χ3n) is 3.71. The van der Waals surface area contributed by atoms with Gasteiger partial charge < -0.3 is 10.6 Å². The van der Waals surface area contributed by atoms with Crippen LogP contribution in [0.1, 0.15) is 31.2 Å². The Kier molecular flexibility index (Phi) is 8.22. The lowest BCUT2D eigenvalue weighted by molar-refractivity contribution is -0.121. The third-order valence-corrected chi connectivity index (χ3v) is 4.36. The number of hydrogen-bond donors (Lipinski definition) is 2. The predicted molar refractivity (Wildman–Crippen MR) is 88.0 cm³/mol. The van der Waals surface area contributed by atoms with Crippen LogP contribution in [-0.2, 0) is 11.3 Å². The largest absolute Gasteiger partial charge is 0.352 e. The number of nitrogens with one attached hydrogen (secondary N) is 2. The minimum atomic E-state index is -0.300. The van der Waals surface area contributed by atoms with Crippen molar-refractivity contribution in [3.05, 3.63) is 34.1 Å². The lowest BCUT2D eigenvalue weighted by Crippen LogP contribution is -2.29. The molecule has 1 aliphatic rings. The van der Waals surface area contributed by atoms with Crippen LogP contribution in [-0.4, -0.2) is 19.0 Å². The van der Waals surface area contributed by atoms with Gasteiger partial charge in [0.2, 0.25) is 5.91 Å². The summed E-state index contributed by atoms with van der Waals surface area (Å²) in [4.78, 5) is 11.8. The third kappa shape index (κ3) is 6.32. The molecule has 21 heavy (non-hydrogen) atoms. The molecule has 1 aliphatic heterocycles. The van der Waals surface area contributed by atoms with Crippen molar-refractivity contribution in [1.29, 1.82) is 0 Å².